The SMILES string of the molecule is CCN1CCN(CCC(=O)NC(C)c2nc3ccccc3n2C)CC1. The Labute approximate surface area is 149 Å². The summed E-state index contributed by atoms with van der Waals surface area (Å²) in [5, 5.41) is 3.10. The normalized spacial score (nSPS) is 17.7. The molecule has 1 aliphatic heterocycles. The van der Waals surface area contributed by atoms with Gasteiger partial charge < -0.3 is 19.7 Å². The number of fused-ring (bicyclic) bond motifs is 1. The highest BCUT2D eigenvalue weighted by atomic mass is 16.1. The van der Waals surface area contributed by atoms with Gasteiger partial charge in [0.15, 0.2) is 0 Å². The third-order valence-electron chi connectivity index (χ3n) is 5.15. The summed E-state index contributed by atoms with van der Waals surface area (Å²) >= 11 is 0. The number of likely N-dealkylation sites (N-methyl/N-ethyl adjacent to an activating group) is 1. The topological polar surface area (TPSA) is 53.4 Å². The Kier molecular flexibility index (Phi) is 5.71. The van der Waals surface area contributed by atoms with Gasteiger partial charge in [0.1, 0.15) is 5.82 Å². The summed E-state index contributed by atoms with van der Waals surface area (Å²) in [5.41, 5.74) is 2.06. The number of hydrogen-bond acceptors (Lipinski definition) is 4. The molecule has 2 aromatic rings. The van der Waals surface area contributed by atoms with Crippen LogP contribution in [0.25, 0.3) is 11.0 Å². The maximum atomic E-state index is 12.3. The Balaban J connectivity index is 1.51. The predicted octanol–water partition coefficient (Wildman–Crippen LogP) is 1.78. The zero-order valence-corrected chi connectivity index (χ0v) is 15.5. The molecule has 0 aliphatic carbocycles. The molecule has 0 spiro atoms. The van der Waals surface area contributed by atoms with E-state index < -0.39 is 0 Å². The highest BCUT2D eigenvalue weighted by Gasteiger charge is 2.19. The van der Waals surface area contributed by atoms with Gasteiger partial charge in [0.25, 0.3) is 0 Å². The lowest BCUT2D eigenvalue weighted by molar-refractivity contribution is -0.122. The monoisotopic (exact) mass is 343 g/mol. The Morgan fingerprint density at radius 2 is 1.88 bits per heavy atom. The summed E-state index contributed by atoms with van der Waals surface area (Å²) in [4.78, 5) is 21.8. The van der Waals surface area contributed by atoms with Gasteiger partial charge in [-0.3, -0.25) is 4.79 Å². The molecular formula is C19H29N5O. The summed E-state index contributed by atoms with van der Waals surface area (Å²) in [6.45, 7) is 10.5. The van der Waals surface area contributed by atoms with E-state index in [0.717, 1.165) is 56.1 Å². The van der Waals surface area contributed by atoms with Crippen molar-refractivity contribution in [1.82, 2.24) is 24.7 Å². The Morgan fingerprint density at radius 1 is 1.20 bits per heavy atom. The Hall–Kier alpha value is -1.92. The van der Waals surface area contributed by atoms with Crippen LogP contribution in [0.15, 0.2) is 24.3 Å². The fourth-order valence-electron chi connectivity index (χ4n) is 3.52. The first-order valence-electron chi connectivity index (χ1n) is 9.24. The van der Waals surface area contributed by atoms with Crippen molar-refractivity contribution in [3.63, 3.8) is 0 Å². The number of amides is 1. The van der Waals surface area contributed by atoms with E-state index in [9.17, 15) is 4.79 Å². The summed E-state index contributed by atoms with van der Waals surface area (Å²) in [5.74, 6) is 0.989. The second kappa shape index (κ2) is 7.97. The molecule has 25 heavy (non-hydrogen) atoms. The van der Waals surface area contributed by atoms with Crippen molar-refractivity contribution in [3.8, 4) is 0 Å². The maximum absolute atomic E-state index is 12.3. The van der Waals surface area contributed by atoms with Crippen LogP contribution in [0.3, 0.4) is 0 Å². The summed E-state index contributed by atoms with van der Waals surface area (Å²) in [6, 6.07) is 7.96. The number of nitrogens with zero attached hydrogens (tertiary/aromatic N) is 4. The van der Waals surface area contributed by atoms with Crippen molar-refractivity contribution >= 4 is 16.9 Å². The average Bonchev–Trinajstić information content (AvgIpc) is 2.98. The molecule has 1 saturated heterocycles. The summed E-state index contributed by atoms with van der Waals surface area (Å²) in [7, 11) is 2.00. The van der Waals surface area contributed by atoms with Gasteiger partial charge in [-0.25, -0.2) is 4.98 Å². The van der Waals surface area contributed by atoms with Crippen LogP contribution in [0.4, 0.5) is 0 Å². The van der Waals surface area contributed by atoms with Gasteiger partial charge in [-0.2, -0.15) is 0 Å². The van der Waals surface area contributed by atoms with Crippen molar-refractivity contribution in [3.05, 3.63) is 30.1 Å². The summed E-state index contributed by atoms with van der Waals surface area (Å²) in [6.07, 6.45) is 0.542. The lowest BCUT2D eigenvalue weighted by atomic mass is 10.2. The van der Waals surface area contributed by atoms with Crippen molar-refractivity contribution in [2.45, 2.75) is 26.3 Å². The Morgan fingerprint density at radius 3 is 2.56 bits per heavy atom. The van der Waals surface area contributed by atoms with Crippen molar-refractivity contribution in [2.75, 3.05) is 39.3 Å². The molecule has 1 unspecified atom stereocenters. The molecule has 6 nitrogen and oxygen atoms in total. The lowest BCUT2D eigenvalue weighted by Crippen LogP contribution is -2.47. The smallest absolute Gasteiger partial charge is 0.221 e. The standard InChI is InChI=1S/C19H29N5O/c1-4-23-11-13-24(14-12-23)10-9-18(25)20-15(2)19-21-16-7-5-6-8-17(16)22(19)3/h5-8,15H,4,9-14H2,1-3H3,(H,20,25). The first-order chi connectivity index (χ1) is 12.1. The van der Waals surface area contributed by atoms with Crippen LogP contribution >= 0.6 is 0 Å². The van der Waals surface area contributed by atoms with Crippen molar-refractivity contribution < 1.29 is 4.79 Å². The van der Waals surface area contributed by atoms with E-state index in [1.54, 1.807) is 0 Å². The van der Waals surface area contributed by atoms with E-state index in [1.165, 1.54) is 0 Å². The molecule has 1 aromatic carbocycles. The highest BCUT2D eigenvalue weighted by molar-refractivity contribution is 5.78. The second-order valence-corrected chi connectivity index (χ2v) is 6.83. The molecular weight excluding hydrogens is 314 g/mol. The number of carbonyl (C=O) groups is 1. The van der Waals surface area contributed by atoms with Crippen LogP contribution < -0.4 is 5.32 Å². The molecule has 0 saturated carbocycles. The maximum Gasteiger partial charge on any atom is 0.221 e. The number of aromatic nitrogens is 2. The van der Waals surface area contributed by atoms with Gasteiger partial charge >= 0.3 is 0 Å². The van der Waals surface area contributed by atoms with Crippen LogP contribution in [-0.4, -0.2) is 64.5 Å². The molecule has 0 bridgehead atoms. The summed E-state index contributed by atoms with van der Waals surface area (Å²) < 4.78 is 2.06. The number of nitrogens with one attached hydrogen (secondary N) is 1. The Bertz CT molecular complexity index is 718. The van der Waals surface area contributed by atoms with Gasteiger partial charge in [0, 0.05) is 46.2 Å². The minimum Gasteiger partial charge on any atom is -0.346 e. The molecule has 1 atom stereocenters. The van der Waals surface area contributed by atoms with Gasteiger partial charge in [0.2, 0.25) is 5.91 Å². The number of carbonyl (C=O) groups excluding carboxylic acids is 1. The van der Waals surface area contributed by atoms with E-state index in [1.807, 2.05) is 32.2 Å². The molecule has 1 aromatic heterocycles. The number of benzene rings is 1. The predicted molar refractivity (Wildman–Crippen MR) is 100 cm³/mol. The zero-order valence-electron chi connectivity index (χ0n) is 15.5. The van der Waals surface area contributed by atoms with Crippen molar-refractivity contribution in [2.24, 2.45) is 7.05 Å². The first-order valence-corrected chi connectivity index (χ1v) is 9.24. The molecule has 1 fully saturated rings. The average molecular weight is 343 g/mol. The number of hydrogen-bond donors (Lipinski definition) is 1. The molecule has 1 aliphatic rings. The largest absolute Gasteiger partial charge is 0.346 e. The van der Waals surface area contributed by atoms with Crippen LogP contribution in [0.1, 0.15) is 32.1 Å². The van der Waals surface area contributed by atoms with Crippen LogP contribution in [0.2, 0.25) is 0 Å². The number of rotatable bonds is 6. The molecule has 3 rings (SSSR count). The van der Waals surface area contributed by atoms with Crippen LogP contribution in [0, 0.1) is 0 Å². The fourth-order valence-corrected chi connectivity index (χ4v) is 3.52. The minimum absolute atomic E-state index is 0.0949. The highest BCUT2D eigenvalue weighted by Crippen LogP contribution is 2.19. The molecule has 1 N–H and O–H groups in total. The van der Waals surface area contributed by atoms with E-state index in [4.69, 9.17) is 0 Å². The van der Waals surface area contributed by atoms with Crippen LogP contribution in [0.5, 0.6) is 0 Å². The van der Waals surface area contributed by atoms with Gasteiger partial charge in [-0.05, 0) is 25.6 Å². The molecule has 1 amide bonds. The van der Waals surface area contributed by atoms with Gasteiger partial charge in [-0.15, -0.1) is 0 Å². The lowest BCUT2D eigenvalue weighted by Gasteiger charge is -2.33. The third kappa shape index (κ3) is 4.19. The van der Waals surface area contributed by atoms with Gasteiger partial charge in [0.05, 0.1) is 17.1 Å². The molecule has 0 radical (unpaired) electrons. The van der Waals surface area contributed by atoms with E-state index in [-0.39, 0.29) is 11.9 Å². The molecule has 2 heterocycles. The molecule has 136 valence electrons. The van der Waals surface area contributed by atoms with E-state index >= 15 is 0 Å². The molecule has 6 heteroatoms. The second-order valence-electron chi connectivity index (χ2n) is 6.83. The first kappa shape index (κ1) is 17.9. The quantitative estimate of drug-likeness (QED) is 0.869. The third-order valence-corrected chi connectivity index (χ3v) is 5.15. The van der Waals surface area contributed by atoms with E-state index in [0.29, 0.717) is 6.42 Å². The number of piperazine rings is 1. The minimum atomic E-state index is -0.0955. The van der Waals surface area contributed by atoms with Crippen molar-refractivity contribution in [1.29, 1.82) is 0 Å². The van der Waals surface area contributed by atoms with Crippen LogP contribution in [-0.2, 0) is 11.8 Å². The number of para-hydroxylation sites is 2. The zero-order chi connectivity index (χ0) is 17.8. The van der Waals surface area contributed by atoms with E-state index in [2.05, 4.69) is 37.7 Å². The number of aryl methyl sites for hydroxylation is 1. The number of imidazole rings is 1. The van der Waals surface area contributed by atoms with Gasteiger partial charge in [-0.1, -0.05) is 19.1 Å². The fraction of sp³-hybridized carbons (Fsp3) is 0.579.